The van der Waals surface area contributed by atoms with Crippen LogP contribution < -0.4 is 15.4 Å². The molecule has 2 aromatic rings. The van der Waals surface area contributed by atoms with Gasteiger partial charge < -0.3 is 20.3 Å². The van der Waals surface area contributed by atoms with E-state index in [1.54, 1.807) is 35.2 Å². The van der Waals surface area contributed by atoms with Gasteiger partial charge in [-0.2, -0.15) is 5.26 Å². The molecule has 2 aliphatic heterocycles. The van der Waals surface area contributed by atoms with Crippen molar-refractivity contribution in [3.63, 3.8) is 0 Å². The fraction of sp³-hybridized carbons (Fsp3) is 0.304. The smallest absolute Gasteiger partial charge is 0.262 e. The Morgan fingerprint density at radius 2 is 2.16 bits per heavy atom. The highest BCUT2D eigenvalue weighted by Gasteiger charge is 2.36. The lowest BCUT2D eigenvalue weighted by molar-refractivity contribution is -0.136. The lowest BCUT2D eigenvalue weighted by Crippen LogP contribution is -2.45. The summed E-state index contributed by atoms with van der Waals surface area (Å²) in [6, 6.07) is 13.6. The van der Waals surface area contributed by atoms with E-state index < -0.39 is 6.04 Å². The molecule has 158 valence electrons. The molecule has 3 amide bonds. The Labute approximate surface area is 179 Å². The normalized spacial score (nSPS) is 18.5. The number of nitrogens with one attached hydrogen (secondary N) is 2. The summed E-state index contributed by atoms with van der Waals surface area (Å²) in [5.41, 5.74) is 2.72. The van der Waals surface area contributed by atoms with Crippen LogP contribution >= 0.6 is 0 Å². The molecule has 2 heterocycles. The second-order valence-electron chi connectivity index (χ2n) is 7.71. The Balaban J connectivity index is 1.45. The van der Waals surface area contributed by atoms with Crippen LogP contribution in [0.5, 0.6) is 5.75 Å². The first-order valence-electron chi connectivity index (χ1n) is 10.1. The van der Waals surface area contributed by atoms with Gasteiger partial charge >= 0.3 is 0 Å². The summed E-state index contributed by atoms with van der Waals surface area (Å²) in [5, 5.41) is 14.8. The van der Waals surface area contributed by atoms with Gasteiger partial charge in [0.05, 0.1) is 23.4 Å². The van der Waals surface area contributed by atoms with Crippen molar-refractivity contribution in [1.82, 2.24) is 10.2 Å². The van der Waals surface area contributed by atoms with Crippen LogP contribution in [0.2, 0.25) is 0 Å². The van der Waals surface area contributed by atoms with Crippen LogP contribution in [0.4, 0.5) is 5.69 Å². The van der Waals surface area contributed by atoms with Crippen LogP contribution in [0.3, 0.4) is 0 Å². The topological polar surface area (TPSA) is 112 Å². The molecule has 0 spiro atoms. The SMILES string of the molecule is CC(NC(=O)C1CCC(=O)N1Cc1cccc(C#N)c1)c1ccc2c(c1)NC(=O)CO2. The van der Waals surface area contributed by atoms with Crippen molar-refractivity contribution < 1.29 is 19.1 Å². The number of anilines is 1. The number of amides is 3. The zero-order valence-corrected chi connectivity index (χ0v) is 17.1. The van der Waals surface area contributed by atoms with E-state index in [0.29, 0.717) is 29.8 Å². The Kier molecular flexibility index (Phi) is 5.58. The third kappa shape index (κ3) is 4.36. The monoisotopic (exact) mass is 418 g/mol. The summed E-state index contributed by atoms with van der Waals surface area (Å²) in [7, 11) is 0. The molecule has 2 aliphatic rings. The zero-order valence-electron chi connectivity index (χ0n) is 17.1. The van der Waals surface area contributed by atoms with Crippen LogP contribution in [-0.4, -0.2) is 35.3 Å². The largest absolute Gasteiger partial charge is 0.482 e. The van der Waals surface area contributed by atoms with Crippen molar-refractivity contribution in [3.05, 3.63) is 59.2 Å². The average Bonchev–Trinajstić information content (AvgIpc) is 3.13. The van der Waals surface area contributed by atoms with E-state index in [-0.39, 0.29) is 36.9 Å². The molecule has 2 unspecified atom stereocenters. The van der Waals surface area contributed by atoms with Gasteiger partial charge in [-0.3, -0.25) is 14.4 Å². The van der Waals surface area contributed by atoms with Crippen LogP contribution in [0, 0.1) is 11.3 Å². The molecule has 0 saturated carbocycles. The van der Waals surface area contributed by atoms with Crippen molar-refractivity contribution in [3.8, 4) is 11.8 Å². The first-order valence-corrected chi connectivity index (χ1v) is 10.1. The number of hydrogen-bond acceptors (Lipinski definition) is 5. The van der Waals surface area contributed by atoms with E-state index in [9.17, 15) is 14.4 Å². The first-order chi connectivity index (χ1) is 14.9. The summed E-state index contributed by atoms with van der Waals surface area (Å²) in [5.74, 6) is 0.0626. The molecule has 0 aliphatic carbocycles. The highest BCUT2D eigenvalue weighted by atomic mass is 16.5. The maximum atomic E-state index is 13.0. The van der Waals surface area contributed by atoms with Gasteiger partial charge in [0.25, 0.3) is 5.91 Å². The fourth-order valence-corrected chi connectivity index (χ4v) is 3.90. The van der Waals surface area contributed by atoms with E-state index >= 15 is 0 Å². The number of fused-ring (bicyclic) bond motifs is 1. The molecule has 2 atom stereocenters. The zero-order chi connectivity index (χ0) is 22.0. The van der Waals surface area contributed by atoms with E-state index in [1.807, 2.05) is 19.1 Å². The van der Waals surface area contributed by atoms with Crippen LogP contribution in [0.25, 0.3) is 0 Å². The predicted octanol–water partition coefficient (Wildman–Crippen LogP) is 2.26. The Morgan fingerprint density at radius 1 is 1.32 bits per heavy atom. The predicted molar refractivity (Wildman–Crippen MR) is 112 cm³/mol. The molecular formula is C23H22N4O4. The van der Waals surface area contributed by atoms with E-state index in [0.717, 1.165) is 11.1 Å². The van der Waals surface area contributed by atoms with E-state index in [2.05, 4.69) is 16.7 Å². The third-order valence-electron chi connectivity index (χ3n) is 5.54. The maximum Gasteiger partial charge on any atom is 0.262 e. The number of carbonyl (C=O) groups excluding carboxylic acids is 3. The van der Waals surface area contributed by atoms with E-state index in [1.165, 1.54) is 0 Å². The quantitative estimate of drug-likeness (QED) is 0.774. The van der Waals surface area contributed by atoms with Crippen LogP contribution in [0.15, 0.2) is 42.5 Å². The Hall–Kier alpha value is -3.86. The number of rotatable bonds is 5. The number of nitriles is 1. The Morgan fingerprint density at radius 3 is 2.97 bits per heavy atom. The molecule has 31 heavy (non-hydrogen) atoms. The van der Waals surface area contributed by atoms with Crippen LogP contribution in [0.1, 0.15) is 42.5 Å². The van der Waals surface area contributed by atoms with Gasteiger partial charge in [-0.1, -0.05) is 18.2 Å². The van der Waals surface area contributed by atoms with Gasteiger partial charge in [-0.15, -0.1) is 0 Å². The lowest BCUT2D eigenvalue weighted by atomic mass is 10.1. The molecule has 0 radical (unpaired) electrons. The fourth-order valence-electron chi connectivity index (χ4n) is 3.90. The molecule has 1 saturated heterocycles. The molecule has 0 aromatic heterocycles. The second kappa shape index (κ2) is 8.48. The van der Waals surface area contributed by atoms with E-state index in [4.69, 9.17) is 10.00 Å². The number of ether oxygens (including phenoxy) is 1. The standard InChI is InChI=1S/C23H22N4O4/c1-14(17-5-7-20-18(10-17)26-21(28)13-31-20)25-23(30)19-6-8-22(29)27(19)12-16-4-2-3-15(9-16)11-24/h2-5,7,9-10,14,19H,6,8,12-13H2,1H3,(H,25,30)(H,26,28). The molecule has 4 rings (SSSR count). The van der Waals surface area contributed by atoms with Gasteiger partial charge in [-0.25, -0.2) is 0 Å². The maximum absolute atomic E-state index is 13.0. The van der Waals surface area contributed by atoms with Crippen LogP contribution in [-0.2, 0) is 20.9 Å². The minimum atomic E-state index is -0.568. The number of carbonyl (C=O) groups is 3. The molecule has 8 heteroatoms. The third-order valence-corrected chi connectivity index (χ3v) is 5.54. The number of hydrogen-bond donors (Lipinski definition) is 2. The molecule has 2 N–H and O–H groups in total. The molecule has 1 fully saturated rings. The van der Waals surface area contributed by atoms with Gasteiger partial charge in [-0.05, 0) is 48.7 Å². The summed E-state index contributed by atoms with van der Waals surface area (Å²) < 4.78 is 5.37. The van der Waals surface area contributed by atoms with Crippen molar-refractivity contribution >= 4 is 23.4 Å². The van der Waals surface area contributed by atoms with Crippen molar-refractivity contribution in [1.29, 1.82) is 5.26 Å². The van der Waals surface area contributed by atoms with Gasteiger partial charge in [0.15, 0.2) is 6.61 Å². The van der Waals surface area contributed by atoms with Crippen molar-refractivity contribution in [2.24, 2.45) is 0 Å². The first kappa shape index (κ1) is 20.4. The highest BCUT2D eigenvalue weighted by molar-refractivity contribution is 5.95. The van der Waals surface area contributed by atoms with Gasteiger partial charge in [0.2, 0.25) is 11.8 Å². The number of likely N-dealkylation sites (tertiary alicyclic amines) is 1. The number of benzene rings is 2. The summed E-state index contributed by atoms with van der Waals surface area (Å²) in [4.78, 5) is 38.5. The summed E-state index contributed by atoms with van der Waals surface area (Å²) in [6.45, 7) is 2.12. The van der Waals surface area contributed by atoms with Gasteiger partial charge in [0.1, 0.15) is 11.8 Å². The summed E-state index contributed by atoms with van der Waals surface area (Å²) >= 11 is 0. The average molecular weight is 418 g/mol. The molecule has 2 aromatic carbocycles. The van der Waals surface area contributed by atoms with Crippen molar-refractivity contribution in [2.75, 3.05) is 11.9 Å². The minimum Gasteiger partial charge on any atom is -0.482 e. The molecular weight excluding hydrogens is 396 g/mol. The van der Waals surface area contributed by atoms with Gasteiger partial charge in [0, 0.05) is 13.0 Å². The molecule has 8 nitrogen and oxygen atoms in total. The molecule has 0 bridgehead atoms. The van der Waals surface area contributed by atoms with Crippen molar-refractivity contribution in [2.45, 2.75) is 38.4 Å². The second-order valence-corrected chi connectivity index (χ2v) is 7.71. The highest BCUT2D eigenvalue weighted by Crippen LogP contribution is 2.31. The summed E-state index contributed by atoms with van der Waals surface area (Å²) in [6.07, 6.45) is 0.760. The Bertz CT molecular complexity index is 1090. The lowest BCUT2D eigenvalue weighted by Gasteiger charge is -2.26. The minimum absolute atomic E-state index is 0.0124. The number of nitrogens with zero attached hydrogens (tertiary/aromatic N) is 2.